The quantitative estimate of drug-likeness (QED) is 0.645. The molecule has 0 aliphatic carbocycles. The standard InChI is InChI=1S/C26H34N2O4/c1-18(2)24(27-25(29)19(3)4)26(30)28-16-23(32-22-13-9-6-10-14-22)15-20(28)17-31-21-11-7-5-8-12-21/h5-14,18-20,23-24H,15-17H2,1-4H3,(H,27,29)/t20-,23?,24-/m0/s1. The number of nitrogens with one attached hydrogen (secondary N) is 1. The van der Waals surface area contributed by atoms with Gasteiger partial charge in [0, 0.05) is 12.3 Å². The van der Waals surface area contributed by atoms with E-state index in [-0.39, 0.29) is 35.8 Å². The number of nitrogens with zero attached hydrogens (tertiary/aromatic N) is 1. The van der Waals surface area contributed by atoms with Crippen molar-refractivity contribution >= 4 is 11.8 Å². The third-order valence-electron chi connectivity index (χ3n) is 5.65. The van der Waals surface area contributed by atoms with Crippen LogP contribution in [-0.4, -0.2) is 48.1 Å². The number of rotatable bonds is 9. The molecule has 6 heteroatoms. The summed E-state index contributed by atoms with van der Waals surface area (Å²) in [6, 6.07) is 18.5. The van der Waals surface area contributed by atoms with Crippen LogP contribution in [0, 0.1) is 11.8 Å². The molecule has 2 amide bonds. The van der Waals surface area contributed by atoms with Gasteiger partial charge in [0.05, 0.1) is 12.6 Å². The average molecular weight is 439 g/mol. The number of hydrogen-bond donors (Lipinski definition) is 1. The number of benzene rings is 2. The van der Waals surface area contributed by atoms with E-state index in [1.54, 1.807) is 0 Å². The van der Waals surface area contributed by atoms with Crippen molar-refractivity contribution in [2.45, 2.75) is 52.3 Å². The highest BCUT2D eigenvalue weighted by Gasteiger charge is 2.40. The SMILES string of the molecule is CC(C)C(=O)N[C@H](C(=O)N1CC(Oc2ccccc2)C[C@H]1COc1ccccc1)C(C)C. The Kier molecular flexibility index (Phi) is 8.14. The first-order chi connectivity index (χ1) is 15.3. The van der Waals surface area contributed by atoms with E-state index in [0.717, 1.165) is 11.5 Å². The van der Waals surface area contributed by atoms with Gasteiger partial charge in [-0.15, -0.1) is 0 Å². The van der Waals surface area contributed by atoms with E-state index >= 15 is 0 Å². The number of likely N-dealkylation sites (tertiary alicyclic amines) is 1. The van der Waals surface area contributed by atoms with E-state index in [4.69, 9.17) is 9.47 Å². The molecule has 6 nitrogen and oxygen atoms in total. The number of ether oxygens (including phenoxy) is 2. The second-order valence-electron chi connectivity index (χ2n) is 8.94. The van der Waals surface area contributed by atoms with Crippen LogP contribution in [0.25, 0.3) is 0 Å². The topological polar surface area (TPSA) is 67.9 Å². The number of amides is 2. The van der Waals surface area contributed by atoms with Crippen LogP contribution in [-0.2, 0) is 9.59 Å². The molecule has 2 aromatic carbocycles. The van der Waals surface area contributed by atoms with Crippen LogP contribution >= 0.6 is 0 Å². The van der Waals surface area contributed by atoms with Crippen LogP contribution in [0.15, 0.2) is 60.7 Å². The number of hydrogen-bond acceptors (Lipinski definition) is 4. The van der Waals surface area contributed by atoms with Crippen molar-refractivity contribution in [1.29, 1.82) is 0 Å². The smallest absolute Gasteiger partial charge is 0.245 e. The van der Waals surface area contributed by atoms with Gasteiger partial charge in [0.2, 0.25) is 11.8 Å². The summed E-state index contributed by atoms with van der Waals surface area (Å²) in [5, 5.41) is 2.94. The lowest BCUT2D eigenvalue weighted by molar-refractivity contribution is -0.139. The Hall–Kier alpha value is -3.02. The lowest BCUT2D eigenvalue weighted by Crippen LogP contribution is -2.54. The Labute approximate surface area is 190 Å². The zero-order chi connectivity index (χ0) is 23.1. The van der Waals surface area contributed by atoms with E-state index in [1.807, 2.05) is 93.3 Å². The molecule has 0 aromatic heterocycles. The van der Waals surface area contributed by atoms with Gasteiger partial charge in [0.15, 0.2) is 0 Å². The molecule has 172 valence electrons. The van der Waals surface area contributed by atoms with Gasteiger partial charge in [0.1, 0.15) is 30.3 Å². The van der Waals surface area contributed by atoms with Crippen LogP contribution in [0.1, 0.15) is 34.1 Å². The number of carbonyl (C=O) groups excluding carboxylic acids is 2. The molecule has 3 atom stereocenters. The molecule has 0 spiro atoms. The van der Waals surface area contributed by atoms with Crippen molar-refractivity contribution in [1.82, 2.24) is 10.2 Å². The molecule has 3 rings (SSSR count). The summed E-state index contributed by atoms with van der Waals surface area (Å²) in [6.45, 7) is 8.38. The van der Waals surface area contributed by atoms with Crippen LogP contribution < -0.4 is 14.8 Å². The zero-order valence-corrected chi connectivity index (χ0v) is 19.4. The Morgan fingerprint density at radius 1 is 0.969 bits per heavy atom. The lowest BCUT2D eigenvalue weighted by atomic mass is 10.0. The van der Waals surface area contributed by atoms with Crippen molar-refractivity contribution in [3.63, 3.8) is 0 Å². The fourth-order valence-corrected chi connectivity index (χ4v) is 3.80. The first-order valence-electron chi connectivity index (χ1n) is 11.4. The van der Waals surface area contributed by atoms with Crippen molar-refractivity contribution in [3.05, 3.63) is 60.7 Å². The number of carbonyl (C=O) groups is 2. The summed E-state index contributed by atoms with van der Waals surface area (Å²) in [5.41, 5.74) is 0. The Bertz CT molecular complexity index is 870. The van der Waals surface area contributed by atoms with Gasteiger partial charge in [-0.25, -0.2) is 0 Å². The molecule has 2 aromatic rings. The summed E-state index contributed by atoms with van der Waals surface area (Å²) in [7, 11) is 0. The van der Waals surface area contributed by atoms with Gasteiger partial charge >= 0.3 is 0 Å². The van der Waals surface area contributed by atoms with Gasteiger partial charge in [-0.2, -0.15) is 0 Å². The van der Waals surface area contributed by atoms with E-state index in [0.29, 0.717) is 19.6 Å². The summed E-state index contributed by atoms with van der Waals surface area (Å²) in [4.78, 5) is 27.7. The highest BCUT2D eigenvalue weighted by molar-refractivity contribution is 5.88. The second kappa shape index (κ2) is 11.0. The minimum absolute atomic E-state index is 0.0324. The molecule has 0 saturated carbocycles. The molecule has 1 aliphatic heterocycles. The normalized spacial score (nSPS) is 19.1. The maximum Gasteiger partial charge on any atom is 0.245 e. The first kappa shape index (κ1) is 23.6. The maximum atomic E-state index is 13.6. The molecule has 1 saturated heterocycles. The third-order valence-corrected chi connectivity index (χ3v) is 5.65. The van der Waals surface area contributed by atoms with Crippen LogP contribution in [0.5, 0.6) is 11.5 Å². The van der Waals surface area contributed by atoms with Crippen LogP contribution in [0.3, 0.4) is 0 Å². The van der Waals surface area contributed by atoms with Crippen LogP contribution in [0.4, 0.5) is 0 Å². The minimum atomic E-state index is -0.584. The van der Waals surface area contributed by atoms with Crippen molar-refractivity contribution < 1.29 is 19.1 Å². The maximum absolute atomic E-state index is 13.6. The van der Waals surface area contributed by atoms with E-state index in [1.165, 1.54) is 0 Å². The van der Waals surface area contributed by atoms with Gasteiger partial charge in [-0.05, 0) is 30.2 Å². The largest absolute Gasteiger partial charge is 0.491 e. The predicted octanol–water partition coefficient (Wildman–Crippen LogP) is 3.91. The van der Waals surface area contributed by atoms with Crippen molar-refractivity contribution in [2.75, 3.05) is 13.2 Å². The van der Waals surface area contributed by atoms with E-state index in [9.17, 15) is 9.59 Å². The Balaban J connectivity index is 1.75. The fraction of sp³-hybridized carbons (Fsp3) is 0.462. The average Bonchev–Trinajstić information content (AvgIpc) is 3.19. The summed E-state index contributed by atoms with van der Waals surface area (Å²) in [5.74, 6) is 1.12. The molecule has 0 radical (unpaired) electrons. The molecule has 1 unspecified atom stereocenters. The van der Waals surface area contributed by atoms with Gasteiger partial charge in [-0.1, -0.05) is 64.1 Å². The Morgan fingerprint density at radius 2 is 1.56 bits per heavy atom. The highest BCUT2D eigenvalue weighted by atomic mass is 16.5. The van der Waals surface area contributed by atoms with Gasteiger partial charge < -0.3 is 19.7 Å². The Morgan fingerprint density at radius 3 is 2.12 bits per heavy atom. The first-order valence-corrected chi connectivity index (χ1v) is 11.4. The van der Waals surface area contributed by atoms with E-state index in [2.05, 4.69) is 5.32 Å². The molecule has 1 N–H and O–H groups in total. The predicted molar refractivity (Wildman–Crippen MR) is 125 cm³/mol. The molecule has 1 fully saturated rings. The fourth-order valence-electron chi connectivity index (χ4n) is 3.80. The lowest BCUT2D eigenvalue weighted by Gasteiger charge is -2.31. The highest BCUT2D eigenvalue weighted by Crippen LogP contribution is 2.26. The molecule has 0 bridgehead atoms. The summed E-state index contributed by atoms with van der Waals surface area (Å²) >= 11 is 0. The van der Waals surface area contributed by atoms with Crippen molar-refractivity contribution in [2.24, 2.45) is 11.8 Å². The molecular formula is C26H34N2O4. The van der Waals surface area contributed by atoms with E-state index < -0.39 is 6.04 Å². The van der Waals surface area contributed by atoms with Crippen molar-refractivity contribution in [3.8, 4) is 11.5 Å². The zero-order valence-electron chi connectivity index (χ0n) is 19.4. The molecule has 1 aliphatic rings. The second-order valence-corrected chi connectivity index (χ2v) is 8.94. The molecular weight excluding hydrogens is 404 g/mol. The molecule has 1 heterocycles. The monoisotopic (exact) mass is 438 g/mol. The van der Waals surface area contributed by atoms with Gasteiger partial charge in [-0.3, -0.25) is 9.59 Å². The summed E-state index contributed by atoms with van der Waals surface area (Å²) in [6.07, 6.45) is 0.524. The number of para-hydroxylation sites is 2. The minimum Gasteiger partial charge on any atom is -0.491 e. The summed E-state index contributed by atoms with van der Waals surface area (Å²) < 4.78 is 12.2. The third kappa shape index (κ3) is 6.25. The van der Waals surface area contributed by atoms with Gasteiger partial charge in [0.25, 0.3) is 0 Å². The molecule has 32 heavy (non-hydrogen) atoms. The van der Waals surface area contributed by atoms with Crippen LogP contribution in [0.2, 0.25) is 0 Å².